The van der Waals surface area contributed by atoms with Crippen molar-refractivity contribution < 1.29 is 27.5 Å². The zero-order chi connectivity index (χ0) is 26.2. The molecule has 11 heteroatoms. The molecular weight excluding hydrogens is 562 g/mol. The molecular formula is C26H30BrN3O6S. The van der Waals surface area contributed by atoms with Crippen LogP contribution in [0, 0.1) is 0 Å². The van der Waals surface area contributed by atoms with Crippen molar-refractivity contribution in [2.75, 3.05) is 50.2 Å². The number of fused-ring (bicyclic) bond motifs is 2. The summed E-state index contributed by atoms with van der Waals surface area (Å²) in [7, 11) is -3.72. The van der Waals surface area contributed by atoms with Crippen LogP contribution in [-0.2, 0) is 32.4 Å². The van der Waals surface area contributed by atoms with Crippen molar-refractivity contribution in [3.05, 3.63) is 45.9 Å². The van der Waals surface area contributed by atoms with Crippen molar-refractivity contribution in [3.8, 4) is 11.5 Å². The molecule has 3 aliphatic heterocycles. The molecule has 0 N–H and O–H groups in total. The fourth-order valence-corrected chi connectivity index (χ4v) is 7.46. The molecule has 1 saturated heterocycles. The SMILES string of the molecule is CCC(=O)N1CCc2cc(Br)c(S(=O)(=O)CCC(=O)N3CCN(Cc4ccc5c(c4)OCO5)CC3)cc21. The highest BCUT2D eigenvalue weighted by molar-refractivity contribution is 9.10. The highest BCUT2D eigenvalue weighted by Gasteiger charge is 2.29. The Morgan fingerprint density at radius 2 is 1.73 bits per heavy atom. The van der Waals surface area contributed by atoms with Crippen LogP contribution in [0.15, 0.2) is 39.7 Å². The maximum Gasteiger partial charge on any atom is 0.231 e. The fourth-order valence-electron chi connectivity index (χ4n) is 5.02. The molecule has 5 rings (SSSR count). The van der Waals surface area contributed by atoms with E-state index in [-0.39, 0.29) is 35.7 Å². The van der Waals surface area contributed by atoms with E-state index in [4.69, 9.17) is 9.47 Å². The van der Waals surface area contributed by atoms with E-state index < -0.39 is 9.84 Å². The van der Waals surface area contributed by atoms with Crippen LogP contribution in [0.3, 0.4) is 0 Å². The molecule has 37 heavy (non-hydrogen) atoms. The van der Waals surface area contributed by atoms with Gasteiger partial charge in [0.25, 0.3) is 0 Å². The van der Waals surface area contributed by atoms with Gasteiger partial charge < -0.3 is 19.3 Å². The summed E-state index contributed by atoms with van der Waals surface area (Å²) in [6, 6.07) is 9.28. The van der Waals surface area contributed by atoms with E-state index in [0.717, 1.165) is 29.2 Å². The molecule has 2 amide bonds. The van der Waals surface area contributed by atoms with E-state index in [0.29, 0.717) is 55.7 Å². The number of nitrogens with zero attached hydrogens (tertiary/aromatic N) is 3. The standard InChI is InChI=1S/C26H30BrN3O6S/c1-2-25(31)30-7-5-19-14-20(27)24(15-21(19)30)37(33,34)12-6-26(32)29-10-8-28(9-11-29)16-18-3-4-22-23(13-18)36-17-35-22/h3-4,13-15H,2,5-12,16-17H2,1H3. The van der Waals surface area contributed by atoms with Gasteiger partial charge in [-0.1, -0.05) is 13.0 Å². The third kappa shape index (κ3) is 5.49. The van der Waals surface area contributed by atoms with E-state index in [9.17, 15) is 18.0 Å². The molecule has 0 unspecified atom stereocenters. The van der Waals surface area contributed by atoms with E-state index in [1.54, 1.807) is 28.9 Å². The Bertz CT molecular complexity index is 1320. The highest BCUT2D eigenvalue weighted by Crippen LogP contribution is 2.36. The van der Waals surface area contributed by atoms with Gasteiger partial charge in [-0.05, 0) is 57.7 Å². The van der Waals surface area contributed by atoms with Crippen LogP contribution in [0.5, 0.6) is 11.5 Å². The Labute approximate surface area is 225 Å². The minimum atomic E-state index is -3.72. The summed E-state index contributed by atoms with van der Waals surface area (Å²) in [6.45, 7) is 5.87. The van der Waals surface area contributed by atoms with E-state index >= 15 is 0 Å². The lowest BCUT2D eigenvalue weighted by molar-refractivity contribution is -0.132. The second kappa shape index (κ2) is 10.6. The number of carbonyl (C=O) groups excluding carboxylic acids is 2. The van der Waals surface area contributed by atoms with Crippen LogP contribution < -0.4 is 14.4 Å². The number of piperazine rings is 1. The van der Waals surface area contributed by atoms with Crippen molar-refractivity contribution in [3.63, 3.8) is 0 Å². The zero-order valence-electron chi connectivity index (χ0n) is 20.7. The zero-order valence-corrected chi connectivity index (χ0v) is 23.1. The molecule has 1 fully saturated rings. The van der Waals surface area contributed by atoms with E-state index in [1.807, 2.05) is 18.2 Å². The van der Waals surface area contributed by atoms with E-state index in [2.05, 4.69) is 20.8 Å². The Kier molecular flexibility index (Phi) is 7.46. The number of amides is 2. The summed E-state index contributed by atoms with van der Waals surface area (Å²) < 4.78 is 37.7. The average Bonchev–Trinajstić information content (AvgIpc) is 3.53. The van der Waals surface area contributed by atoms with Gasteiger partial charge in [0.05, 0.1) is 10.6 Å². The van der Waals surface area contributed by atoms with Gasteiger partial charge in [-0.15, -0.1) is 0 Å². The number of hydrogen-bond acceptors (Lipinski definition) is 7. The molecule has 0 aliphatic carbocycles. The summed E-state index contributed by atoms with van der Waals surface area (Å²) in [5.41, 5.74) is 2.72. The Morgan fingerprint density at radius 1 is 0.973 bits per heavy atom. The first-order valence-electron chi connectivity index (χ1n) is 12.5. The number of benzene rings is 2. The summed E-state index contributed by atoms with van der Waals surface area (Å²) in [5.74, 6) is 1.05. The first-order valence-corrected chi connectivity index (χ1v) is 14.9. The number of halogens is 1. The lowest BCUT2D eigenvalue weighted by Crippen LogP contribution is -2.48. The quantitative estimate of drug-likeness (QED) is 0.488. The Morgan fingerprint density at radius 3 is 2.49 bits per heavy atom. The van der Waals surface area contributed by atoms with Gasteiger partial charge in [0.15, 0.2) is 21.3 Å². The molecule has 0 aromatic heterocycles. The number of anilines is 1. The maximum absolute atomic E-state index is 13.2. The molecule has 3 heterocycles. The number of ether oxygens (including phenoxy) is 2. The molecule has 2 aromatic rings. The van der Waals surface area contributed by atoms with Gasteiger partial charge in [0.1, 0.15) is 0 Å². The van der Waals surface area contributed by atoms with Gasteiger partial charge in [-0.2, -0.15) is 0 Å². The van der Waals surface area contributed by atoms with Crippen molar-refractivity contribution in [1.82, 2.24) is 9.80 Å². The smallest absolute Gasteiger partial charge is 0.231 e. The van der Waals surface area contributed by atoms with Gasteiger partial charge in [-0.3, -0.25) is 14.5 Å². The average molecular weight is 593 g/mol. The third-order valence-corrected chi connectivity index (χ3v) is 9.79. The van der Waals surface area contributed by atoms with Crippen molar-refractivity contribution in [2.24, 2.45) is 0 Å². The van der Waals surface area contributed by atoms with Gasteiger partial charge in [0, 0.05) is 62.3 Å². The topological polar surface area (TPSA) is 96.5 Å². The normalized spacial score (nSPS) is 17.2. The number of sulfone groups is 1. The molecule has 9 nitrogen and oxygen atoms in total. The molecule has 3 aliphatic rings. The lowest BCUT2D eigenvalue weighted by Gasteiger charge is -2.34. The number of carbonyl (C=O) groups is 2. The van der Waals surface area contributed by atoms with Gasteiger partial charge in [0.2, 0.25) is 18.6 Å². The summed E-state index contributed by atoms with van der Waals surface area (Å²) in [4.78, 5) is 30.9. The lowest BCUT2D eigenvalue weighted by atomic mass is 10.1. The van der Waals surface area contributed by atoms with Gasteiger partial charge in [-0.25, -0.2) is 8.42 Å². The molecule has 0 spiro atoms. The van der Waals surface area contributed by atoms with Crippen LogP contribution in [0.2, 0.25) is 0 Å². The molecule has 0 radical (unpaired) electrons. The van der Waals surface area contributed by atoms with E-state index in [1.165, 1.54) is 0 Å². The molecule has 198 valence electrons. The summed E-state index contributed by atoms with van der Waals surface area (Å²) in [5, 5.41) is 0. The van der Waals surface area contributed by atoms with Crippen LogP contribution >= 0.6 is 15.9 Å². The number of hydrogen-bond donors (Lipinski definition) is 0. The molecule has 0 saturated carbocycles. The number of rotatable bonds is 7. The maximum atomic E-state index is 13.2. The van der Waals surface area contributed by atoms with Crippen LogP contribution in [0.25, 0.3) is 0 Å². The second-order valence-corrected chi connectivity index (χ2v) is 12.4. The fraction of sp³-hybridized carbons (Fsp3) is 0.462. The van der Waals surface area contributed by atoms with Crippen molar-refractivity contribution in [1.29, 1.82) is 0 Å². The molecule has 0 bridgehead atoms. The monoisotopic (exact) mass is 591 g/mol. The predicted octanol–water partition coefficient (Wildman–Crippen LogP) is 2.99. The van der Waals surface area contributed by atoms with Gasteiger partial charge >= 0.3 is 0 Å². The first kappa shape index (κ1) is 26.0. The Balaban J connectivity index is 1.16. The predicted molar refractivity (Wildman–Crippen MR) is 142 cm³/mol. The van der Waals surface area contributed by atoms with Crippen molar-refractivity contribution in [2.45, 2.75) is 37.6 Å². The minimum absolute atomic E-state index is 0.0303. The Hall–Kier alpha value is -2.63. The molecule has 2 aromatic carbocycles. The largest absolute Gasteiger partial charge is 0.454 e. The third-order valence-electron chi connectivity index (χ3n) is 7.12. The minimum Gasteiger partial charge on any atom is -0.454 e. The van der Waals surface area contributed by atoms with Crippen molar-refractivity contribution >= 4 is 43.3 Å². The second-order valence-electron chi connectivity index (χ2n) is 9.47. The van der Waals surface area contributed by atoms with Crippen LogP contribution in [0.1, 0.15) is 30.9 Å². The molecule has 0 atom stereocenters. The highest BCUT2D eigenvalue weighted by atomic mass is 79.9. The first-order chi connectivity index (χ1) is 17.7. The summed E-state index contributed by atoms with van der Waals surface area (Å²) >= 11 is 3.40. The summed E-state index contributed by atoms with van der Waals surface area (Å²) in [6.07, 6.45) is 0.973. The van der Waals surface area contributed by atoms with Crippen LogP contribution in [0.4, 0.5) is 5.69 Å². The van der Waals surface area contributed by atoms with Crippen LogP contribution in [-0.4, -0.2) is 75.3 Å².